The van der Waals surface area contributed by atoms with E-state index in [1.54, 1.807) is 0 Å². The number of hydrogen-bond donors (Lipinski definition) is 1. The van der Waals surface area contributed by atoms with Crippen molar-refractivity contribution in [2.45, 2.75) is 25.0 Å². The molecule has 0 radical (unpaired) electrons. The van der Waals surface area contributed by atoms with E-state index in [0.29, 0.717) is 11.8 Å². The van der Waals surface area contributed by atoms with Crippen LogP contribution in [0.25, 0.3) is 10.9 Å². The number of nitrogens with zero attached hydrogens (tertiary/aromatic N) is 2. The van der Waals surface area contributed by atoms with Crippen LogP contribution in [0, 0.1) is 11.8 Å². The highest BCUT2D eigenvalue weighted by Crippen LogP contribution is 2.45. The van der Waals surface area contributed by atoms with Crippen molar-refractivity contribution >= 4 is 10.9 Å². The molecule has 23 heavy (non-hydrogen) atoms. The van der Waals surface area contributed by atoms with Crippen molar-refractivity contribution in [2.75, 3.05) is 20.1 Å². The summed E-state index contributed by atoms with van der Waals surface area (Å²) < 4.78 is 0.963. The van der Waals surface area contributed by atoms with Crippen molar-refractivity contribution in [3.05, 3.63) is 54.7 Å². The Hall–Kier alpha value is -1.71. The number of aromatic nitrogens is 1. The van der Waals surface area contributed by atoms with E-state index < -0.39 is 6.10 Å². The summed E-state index contributed by atoms with van der Waals surface area (Å²) in [6, 6.07) is 10.4. The van der Waals surface area contributed by atoms with Crippen LogP contribution >= 0.6 is 0 Å². The molecule has 0 saturated carbocycles. The molecule has 3 nitrogen and oxygen atoms in total. The maximum atomic E-state index is 11.2. The maximum absolute atomic E-state index is 11.2. The van der Waals surface area contributed by atoms with Gasteiger partial charge in [0.25, 0.3) is 0 Å². The topological polar surface area (TPSA) is 33.1 Å². The molecule has 5 rings (SSSR count). The molecule has 2 unspecified atom stereocenters. The summed E-state index contributed by atoms with van der Waals surface area (Å²) >= 11 is 0. The Morgan fingerprint density at radius 3 is 2.96 bits per heavy atom. The molecule has 1 aromatic heterocycles. The van der Waals surface area contributed by atoms with Crippen LogP contribution in [0.15, 0.2) is 49.2 Å². The first kappa shape index (κ1) is 14.9. The summed E-state index contributed by atoms with van der Waals surface area (Å²) in [6.07, 6.45) is 5.87. The van der Waals surface area contributed by atoms with Gasteiger partial charge in [-0.05, 0) is 23.6 Å². The zero-order valence-corrected chi connectivity index (χ0v) is 13.7. The first-order chi connectivity index (χ1) is 11.1. The number of likely N-dealkylation sites (N-methyl/N-ethyl adjacent to an activating group) is 1. The average molecular weight is 309 g/mol. The number of para-hydroxylation sites is 1. The minimum Gasteiger partial charge on any atom is -0.382 e. The lowest BCUT2D eigenvalue weighted by atomic mass is 9.72. The third-order valence-corrected chi connectivity index (χ3v) is 6.26. The third-order valence-electron chi connectivity index (χ3n) is 6.26. The van der Waals surface area contributed by atoms with Gasteiger partial charge in [0.05, 0.1) is 25.7 Å². The van der Waals surface area contributed by atoms with Gasteiger partial charge in [-0.1, -0.05) is 24.3 Å². The predicted molar refractivity (Wildman–Crippen MR) is 92.8 cm³/mol. The lowest BCUT2D eigenvalue weighted by Crippen LogP contribution is -2.66. The van der Waals surface area contributed by atoms with Crippen molar-refractivity contribution in [3.63, 3.8) is 0 Å². The Labute approximate surface area is 137 Å². The van der Waals surface area contributed by atoms with Gasteiger partial charge < -0.3 is 9.59 Å². The zero-order valence-electron chi connectivity index (χ0n) is 13.7. The molecule has 5 atom stereocenters. The molecule has 3 aliphatic rings. The second-order valence-electron chi connectivity index (χ2n) is 7.50. The number of aliphatic hydroxyl groups is 1. The van der Waals surface area contributed by atoms with Crippen molar-refractivity contribution in [1.29, 1.82) is 0 Å². The van der Waals surface area contributed by atoms with Gasteiger partial charge in [0.2, 0.25) is 0 Å². The molecule has 3 fully saturated rings. The van der Waals surface area contributed by atoms with Crippen LogP contribution in [0.5, 0.6) is 0 Å². The predicted octanol–water partition coefficient (Wildman–Crippen LogP) is 3.31. The first-order valence-corrected chi connectivity index (χ1v) is 8.61. The van der Waals surface area contributed by atoms with Gasteiger partial charge in [0.1, 0.15) is 12.1 Å². The fourth-order valence-electron chi connectivity index (χ4n) is 4.88. The molecule has 1 N–H and O–H groups in total. The maximum Gasteiger partial charge on any atom is 0.131 e. The van der Waals surface area contributed by atoms with Crippen molar-refractivity contribution in [2.24, 2.45) is 11.8 Å². The summed E-state index contributed by atoms with van der Waals surface area (Å²) in [5.41, 5.74) is 1.99. The molecule has 3 saturated heterocycles. The normalized spacial score (nSPS) is 34.4. The molecule has 3 heteroatoms. The Kier molecular flexibility index (Phi) is 3.51. The van der Waals surface area contributed by atoms with Crippen LogP contribution in [0.2, 0.25) is 0 Å². The van der Waals surface area contributed by atoms with Crippen LogP contribution in [0.1, 0.15) is 24.5 Å². The first-order valence-electron chi connectivity index (χ1n) is 8.61. The molecular weight excluding hydrogens is 284 g/mol. The minimum absolute atomic E-state index is 0.274. The number of pyridine rings is 1. The number of benzene rings is 1. The van der Waals surface area contributed by atoms with E-state index in [-0.39, 0.29) is 6.04 Å². The Morgan fingerprint density at radius 2 is 2.17 bits per heavy atom. The van der Waals surface area contributed by atoms with E-state index in [9.17, 15) is 5.11 Å². The van der Waals surface area contributed by atoms with Crippen LogP contribution in [0.3, 0.4) is 0 Å². The van der Waals surface area contributed by atoms with E-state index in [1.807, 2.05) is 30.5 Å². The fraction of sp³-hybridized carbons (Fsp3) is 0.450. The van der Waals surface area contributed by atoms with Gasteiger partial charge in [0.15, 0.2) is 0 Å². The summed E-state index contributed by atoms with van der Waals surface area (Å²) in [7, 11) is 2.31. The number of quaternary nitrogens is 1. The average Bonchev–Trinajstić information content (AvgIpc) is 2.60. The summed E-state index contributed by atoms with van der Waals surface area (Å²) in [5, 5.41) is 12.3. The lowest BCUT2D eigenvalue weighted by molar-refractivity contribution is -0.956. The van der Waals surface area contributed by atoms with Gasteiger partial charge >= 0.3 is 0 Å². The van der Waals surface area contributed by atoms with Crippen molar-refractivity contribution in [3.8, 4) is 0 Å². The number of aliphatic hydroxyl groups excluding tert-OH is 1. The Balaban J connectivity index is 1.72. The monoisotopic (exact) mass is 309 g/mol. The van der Waals surface area contributed by atoms with Crippen LogP contribution in [-0.2, 0) is 0 Å². The van der Waals surface area contributed by atoms with E-state index >= 15 is 0 Å². The van der Waals surface area contributed by atoms with Crippen molar-refractivity contribution in [1.82, 2.24) is 4.98 Å². The molecule has 2 bridgehead atoms. The SMILES string of the molecule is C=C[C@H]1C[N+]2(C)CCC1C[C@H]2[C@@H](O)c1ccnc2ccccc12. The summed E-state index contributed by atoms with van der Waals surface area (Å²) in [5.74, 6) is 1.28. The van der Waals surface area contributed by atoms with Gasteiger partial charge in [0, 0.05) is 30.3 Å². The summed E-state index contributed by atoms with van der Waals surface area (Å²) in [4.78, 5) is 4.43. The number of fused-ring (bicyclic) bond motifs is 4. The molecular formula is C20H25N2O+. The van der Waals surface area contributed by atoms with E-state index in [0.717, 1.165) is 33.9 Å². The fourth-order valence-corrected chi connectivity index (χ4v) is 4.88. The zero-order chi connectivity index (χ0) is 16.0. The van der Waals surface area contributed by atoms with Gasteiger partial charge in [-0.15, -0.1) is 6.58 Å². The van der Waals surface area contributed by atoms with Gasteiger partial charge in [-0.3, -0.25) is 4.98 Å². The number of rotatable bonds is 3. The number of hydrogen-bond acceptors (Lipinski definition) is 2. The van der Waals surface area contributed by atoms with Crippen LogP contribution in [0.4, 0.5) is 0 Å². The van der Waals surface area contributed by atoms with Crippen molar-refractivity contribution < 1.29 is 9.59 Å². The molecule has 2 aromatic rings. The van der Waals surface area contributed by atoms with Gasteiger partial charge in [-0.25, -0.2) is 0 Å². The standard InChI is InChI=1S/C20H25N2O/c1-3-14-13-22(2)11-9-15(14)12-19(22)20(23)17-8-10-21-18-7-5-4-6-16(17)18/h3-8,10,14-15,19-20,23H,1,9,11-13H2,2H3/q+1/t14-,15?,19-,20-,22?/m0/s1. The highest BCUT2D eigenvalue weighted by Gasteiger charge is 2.51. The molecule has 3 aliphatic heterocycles. The minimum atomic E-state index is -0.429. The second-order valence-corrected chi connectivity index (χ2v) is 7.50. The van der Waals surface area contributed by atoms with E-state index in [2.05, 4.69) is 30.8 Å². The number of piperidine rings is 3. The highest BCUT2D eigenvalue weighted by molar-refractivity contribution is 5.82. The Bertz CT molecular complexity index is 738. The molecule has 120 valence electrons. The van der Waals surface area contributed by atoms with Crippen LogP contribution < -0.4 is 0 Å². The molecule has 0 aliphatic carbocycles. The largest absolute Gasteiger partial charge is 0.382 e. The Morgan fingerprint density at radius 1 is 1.35 bits per heavy atom. The molecule has 4 heterocycles. The second kappa shape index (κ2) is 5.43. The van der Waals surface area contributed by atoms with E-state index in [1.165, 1.54) is 13.0 Å². The van der Waals surface area contributed by atoms with Crippen LogP contribution in [-0.4, -0.2) is 40.8 Å². The lowest BCUT2D eigenvalue weighted by Gasteiger charge is -2.56. The van der Waals surface area contributed by atoms with Gasteiger partial charge in [-0.2, -0.15) is 0 Å². The van der Waals surface area contributed by atoms with E-state index in [4.69, 9.17) is 0 Å². The molecule has 0 spiro atoms. The molecule has 1 aromatic carbocycles. The molecule has 0 amide bonds. The smallest absolute Gasteiger partial charge is 0.131 e. The third kappa shape index (κ3) is 2.30. The quantitative estimate of drug-likeness (QED) is 0.697. The highest BCUT2D eigenvalue weighted by atomic mass is 16.3. The summed E-state index contributed by atoms with van der Waals surface area (Å²) in [6.45, 7) is 6.30.